The molecule has 1 aliphatic heterocycles. The molecule has 29 heavy (non-hydrogen) atoms. The van der Waals surface area contributed by atoms with Crippen LogP contribution in [0.2, 0.25) is 0 Å². The molecule has 9 heteroatoms. The van der Waals surface area contributed by atoms with E-state index in [1.54, 1.807) is 11.0 Å². The fraction of sp³-hybridized carbons (Fsp3) is 0.300. The predicted molar refractivity (Wildman–Crippen MR) is 99.9 cm³/mol. The predicted octanol–water partition coefficient (Wildman–Crippen LogP) is 2.27. The molecule has 1 aliphatic rings. The van der Waals surface area contributed by atoms with Crippen LogP contribution in [0.5, 0.6) is 5.75 Å². The smallest absolute Gasteiger partial charge is 0.260 e. The lowest BCUT2D eigenvalue weighted by Crippen LogP contribution is -2.51. The number of rotatable bonds is 6. The minimum atomic E-state index is -0.869. The van der Waals surface area contributed by atoms with Crippen molar-refractivity contribution in [3.05, 3.63) is 59.9 Å². The number of halogens is 3. The maximum atomic E-state index is 13.5. The Labute approximate surface area is 165 Å². The average Bonchev–Trinajstić information content (AvgIpc) is 2.67. The van der Waals surface area contributed by atoms with E-state index < -0.39 is 17.5 Å². The van der Waals surface area contributed by atoms with Crippen LogP contribution in [0.25, 0.3) is 0 Å². The van der Waals surface area contributed by atoms with Gasteiger partial charge in [0.2, 0.25) is 5.91 Å². The summed E-state index contributed by atoms with van der Waals surface area (Å²) in [5.41, 5.74) is 0.383. The third-order valence-corrected chi connectivity index (χ3v) is 4.45. The molecular weight excluding hydrogens is 387 g/mol. The number of carbonyl (C=O) groups is 2. The summed E-state index contributed by atoms with van der Waals surface area (Å²) in [5.74, 6) is -2.81. The van der Waals surface area contributed by atoms with Crippen LogP contribution in [0, 0.1) is 17.5 Å². The monoisotopic (exact) mass is 407 g/mol. The van der Waals surface area contributed by atoms with Crippen LogP contribution in [0.1, 0.15) is 0 Å². The second-order valence-corrected chi connectivity index (χ2v) is 6.58. The Morgan fingerprint density at radius 1 is 0.966 bits per heavy atom. The normalized spacial score (nSPS) is 14.5. The molecule has 0 bridgehead atoms. The van der Waals surface area contributed by atoms with Crippen molar-refractivity contribution in [2.24, 2.45) is 0 Å². The van der Waals surface area contributed by atoms with Crippen LogP contribution >= 0.6 is 0 Å². The van der Waals surface area contributed by atoms with Crippen LogP contribution in [-0.2, 0) is 9.59 Å². The van der Waals surface area contributed by atoms with Gasteiger partial charge < -0.3 is 15.0 Å². The van der Waals surface area contributed by atoms with Gasteiger partial charge in [-0.3, -0.25) is 14.5 Å². The Bertz CT molecular complexity index is 886. The fourth-order valence-electron chi connectivity index (χ4n) is 2.95. The SMILES string of the molecule is O=C(CN1CCN(C(=O)COc2ccc(F)cc2F)CC1)Nc1cccc(F)c1. The third kappa shape index (κ3) is 5.95. The number of carbonyl (C=O) groups excluding carboxylic acids is 2. The van der Waals surface area contributed by atoms with Gasteiger partial charge >= 0.3 is 0 Å². The van der Waals surface area contributed by atoms with Crippen molar-refractivity contribution in [3.63, 3.8) is 0 Å². The molecule has 2 amide bonds. The number of benzene rings is 2. The molecule has 1 heterocycles. The minimum Gasteiger partial charge on any atom is -0.481 e. The Morgan fingerprint density at radius 2 is 1.69 bits per heavy atom. The van der Waals surface area contributed by atoms with E-state index in [1.807, 2.05) is 4.90 Å². The zero-order valence-electron chi connectivity index (χ0n) is 15.5. The van der Waals surface area contributed by atoms with E-state index in [0.29, 0.717) is 37.9 Å². The van der Waals surface area contributed by atoms with Crippen molar-refractivity contribution in [2.75, 3.05) is 44.6 Å². The molecule has 0 atom stereocenters. The first-order chi connectivity index (χ1) is 13.9. The molecule has 0 unspecified atom stereocenters. The van der Waals surface area contributed by atoms with Crippen molar-refractivity contribution in [3.8, 4) is 5.75 Å². The van der Waals surface area contributed by atoms with Gasteiger partial charge in [-0.1, -0.05) is 6.07 Å². The largest absolute Gasteiger partial charge is 0.481 e. The summed E-state index contributed by atoms with van der Waals surface area (Å²) in [4.78, 5) is 27.7. The standard InChI is InChI=1S/C20H20F3N3O3/c21-14-2-1-3-16(10-14)24-19(27)12-25-6-8-26(9-7-25)20(28)13-29-18-5-4-15(22)11-17(18)23/h1-5,10-11H,6-9,12-13H2,(H,24,27). The summed E-state index contributed by atoms with van der Waals surface area (Å²) < 4.78 is 44.7. The summed E-state index contributed by atoms with van der Waals surface area (Å²) in [7, 11) is 0. The molecule has 0 saturated carbocycles. The molecule has 1 N–H and O–H groups in total. The lowest BCUT2D eigenvalue weighted by Gasteiger charge is -2.34. The van der Waals surface area contributed by atoms with Gasteiger partial charge in [0.1, 0.15) is 11.6 Å². The van der Waals surface area contributed by atoms with E-state index in [4.69, 9.17) is 4.74 Å². The van der Waals surface area contributed by atoms with Crippen LogP contribution < -0.4 is 10.1 Å². The quantitative estimate of drug-likeness (QED) is 0.798. The van der Waals surface area contributed by atoms with Crippen LogP contribution in [-0.4, -0.2) is 60.9 Å². The Kier molecular flexibility index (Phi) is 6.71. The van der Waals surface area contributed by atoms with Crippen LogP contribution in [0.3, 0.4) is 0 Å². The number of anilines is 1. The van der Waals surface area contributed by atoms with Crippen LogP contribution in [0.4, 0.5) is 18.9 Å². The van der Waals surface area contributed by atoms with E-state index in [1.165, 1.54) is 18.2 Å². The molecule has 0 aliphatic carbocycles. The molecular formula is C20H20F3N3O3. The van der Waals surface area contributed by atoms with E-state index in [9.17, 15) is 22.8 Å². The van der Waals surface area contributed by atoms with Gasteiger partial charge in [0.15, 0.2) is 18.2 Å². The van der Waals surface area contributed by atoms with Crippen LogP contribution in [0.15, 0.2) is 42.5 Å². The number of nitrogens with zero attached hydrogens (tertiary/aromatic N) is 2. The van der Waals surface area contributed by atoms with Crippen molar-refractivity contribution in [1.29, 1.82) is 0 Å². The summed E-state index contributed by atoms with van der Waals surface area (Å²) in [6.45, 7) is 1.50. The van der Waals surface area contributed by atoms with Crippen molar-refractivity contribution in [1.82, 2.24) is 9.80 Å². The van der Waals surface area contributed by atoms with Gasteiger partial charge in [-0.15, -0.1) is 0 Å². The minimum absolute atomic E-state index is 0.121. The first-order valence-electron chi connectivity index (χ1n) is 9.04. The molecule has 0 spiro atoms. The van der Waals surface area contributed by atoms with E-state index in [-0.39, 0.29) is 30.7 Å². The van der Waals surface area contributed by atoms with Crippen molar-refractivity contribution < 1.29 is 27.5 Å². The van der Waals surface area contributed by atoms with E-state index in [0.717, 1.165) is 12.1 Å². The highest BCUT2D eigenvalue weighted by Gasteiger charge is 2.23. The van der Waals surface area contributed by atoms with Gasteiger partial charge in [0.05, 0.1) is 6.54 Å². The lowest BCUT2D eigenvalue weighted by molar-refractivity contribution is -0.135. The molecule has 3 rings (SSSR count). The molecule has 0 radical (unpaired) electrons. The third-order valence-electron chi connectivity index (χ3n) is 4.45. The Morgan fingerprint density at radius 3 is 2.38 bits per heavy atom. The van der Waals surface area contributed by atoms with Gasteiger partial charge in [-0.2, -0.15) is 0 Å². The topological polar surface area (TPSA) is 61.9 Å². The zero-order chi connectivity index (χ0) is 20.8. The number of hydrogen-bond acceptors (Lipinski definition) is 4. The van der Waals surface area contributed by atoms with E-state index in [2.05, 4.69) is 5.32 Å². The Balaban J connectivity index is 1.41. The molecule has 154 valence electrons. The fourth-order valence-corrected chi connectivity index (χ4v) is 2.95. The molecule has 6 nitrogen and oxygen atoms in total. The molecule has 2 aromatic carbocycles. The maximum Gasteiger partial charge on any atom is 0.260 e. The average molecular weight is 407 g/mol. The molecule has 1 fully saturated rings. The summed E-state index contributed by atoms with van der Waals surface area (Å²) in [5, 5.41) is 2.63. The number of ether oxygens (including phenoxy) is 1. The zero-order valence-corrected chi connectivity index (χ0v) is 15.5. The lowest BCUT2D eigenvalue weighted by atomic mass is 10.3. The molecule has 1 saturated heterocycles. The number of amides is 2. The van der Waals surface area contributed by atoms with E-state index >= 15 is 0 Å². The maximum absolute atomic E-state index is 13.5. The second-order valence-electron chi connectivity index (χ2n) is 6.58. The highest BCUT2D eigenvalue weighted by molar-refractivity contribution is 5.92. The number of nitrogens with one attached hydrogen (secondary N) is 1. The summed E-state index contributed by atoms with van der Waals surface area (Å²) in [6, 6.07) is 8.51. The number of piperazine rings is 1. The second kappa shape index (κ2) is 9.42. The van der Waals surface area contributed by atoms with Gasteiger partial charge in [0.25, 0.3) is 5.91 Å². The Hall–Kier alpha value is -3.07. The molecule has 2 aromatic rings. The highest BCUT2D eigenvalue weighted by Crippen LogP contribution is 2.17. The van der Waals surface area contributed by atoms with Gasteiger partial charge in [-0.25, -0.2) is 13.2 Å². The van der Waals surface area contributed by atoms with Gasteiger partial charge in [-0.05, 0) is 30.3 Å². The molecule has 0 aromatic heterocycles. The summed E-state index contributed by atoms with van der Waals surface area (Å²) in [6.07, 6.45) is 0. The van der Waals surface area contributed by atoms with Gasteiger partial charge in [0, 0.05) is 37.9 Å². The first kappa shape index (κ1) is 20.7. The highest BCUT2D eigenvalue weighted by atomic mass is 19.1. The first-order valence-corrected chi connectivity index (χ1v) is 9.04. The van der Waals surface area contributed by atoms with Crippen molar-refractivity contribution in [2.45, 2.75) is 0 Å². The summed E-state index contributed by atoms with van der Waals surface area (Å²) >= 11 is 0. The number of hydrogen-bond donors (Lipinski definition) is 1. The van der Waals surface area contributed by atoms with Crippen molar-refractivity contribution >= 4 is 17.5 Å².